The van der Waals surface area contributed by atoms with Gasteiger partial charge < -0.3 is 33.2 Å². The Labute approximate surface area is 310 Å². The summed E-state index contributed by atoms with van der Waals surface area (Å²) in [6, 6.07) is 3.48. The number of benzene rings is 2. The molecule has 0 radical (unpaired) electrons. The van der Waals surface area contributed by atoms with Crippen LogP contribution in [0.4, 0.5) is 0 Å². The Morgan fingerprint density at radius 2 is 1.08 bits per heavy atom. The number of methoxy groups -OCH3 is 7. The van der Waals surface area contributed by atoms with Gasteiger partial charge in [-0.3, -0.25) is 9.59 Å². The molecule has 0 fully saturated rings. The van der Waals surface area contributed by atoms with E-state index in [1.807, 2.05) is 27.0 Å². The van der Waals surface area contributed by atoms with Crippen molar-refractivity contribution in [2.24, 2.45) is 0 Å². The van der Waals surface area contributed by atoms with Gasteiger partial charge in [0.1, 0.15) is 10.6 Å². The summed E-state index contributed by atoms with van der Waals surface area (Å²) in [5.41, 5.74) is 4.77. The van der Waals surface area contributed by atoms with Crippen LogP contribution in [0.5, 0.6) is 40.4 Å². The number of nitrogens with zero attached hydrogens (tertiary/aromatic N) is 2. The van der Waals surface area contributed by atoms with Crippen LogP contribution in [0.1, 0.15) is 54.1 Å². The van der Waals surface area contributed by atoms with Crippen molar-refractivity contribution >= 4 is 50.9 Å². The molecule has 14 heteroatoms. The Morgan fingerprint density at radius 3 is 1.48 bits per heavy atom. The van der Waals surface area contributed by atoms with Crippen molar-refractivity contribution in [1.29, 1.82) is 0 Å². The lowest BCUT2D eigenvalue weighted by Crippen LogP contribution is -2.12. The van der Waals surface area contributed by atoms with E-state index in [0.717, 1.165) is 16.7 Å². The van der Waals surface area contributed by atoms with Crippen LogP contribution in [-0.2, 0) is 0 Å². The first-order valence-electron chi connectivity index (χ1n) is 14.9. The van der Waals surface area contributed by atoms with E-state index in [9.17, 15) is 9.59 Å². The van der Waals surface area contributed by atoms with Gasteiger partial charge in [0.25, 0.3) is 0 Å². The molecule has 0 unspecified atom stereocenters. The molecule has 0 saturated carbocycles. The SMILES string of the molecule is COc1cc(C)c(C(=O)c2c(OC)ncc(Br)c2Cl)c(OC)c1OC.COc1cc(C)c(C(=O)c2c(SC)ncc(C)c2C)c(OC)c1OC. The van der Waals surface area contributed by atoms with Crippen LogP contribution in [0.25, 0.3) is 0 Å². The summed E-state index contributed by atoms with van der Waals surface area (Å²) >= 11 is 11.0. The zero-order valence-electron chi connectivity index (χ0n) is 30.0. The van der Waals surface area contributed by atoms with Gasteiger partial charge >= 0.3 is 0 Å². The van der Waals surface area contributed by atoms with Crippen LogP contribution in [0.3, 0.4) is 0 Å². The molecule has 4 rings (SSSR count). The first kappa shape index (κ1) is 40.2. The van der Waals surface area contributed by atoms with Crippen molar-refractivity contribution in [2.45, 2.75) is 32.7 Å². The largest absolute Gasteiger partial charge is 0.493 e. The maximum absolute atomic E-state index is 13.4. The molecule has 268 valence electrons. The van der Waals surface area contributed by atoms with Gasteiger partial charge in [0.2, 0.25) is 23.2 Å². The quantitative estimate of drug-likeness (QED) is 0.102. The van der Waals surface area contributed by atoms with E-state index in [-0.39, 0.29) is 28.0 Å². The van der Waals surface area contributed by atoms with Crippen LogP contribution in [-0.4, -0.2) is 77.6 Å². The fourth-order valence-electron chi connectivity index (χ4n) is 5.27. The fourth-order valence-corrected chi connectivity index (χ4v) is 6.39. The molecular weight excluding hydrogens is 752 g/mol. The molecule has 0 atom stereocenters. The number of hydrogen-bond donors (Lipinski definition) is 0. The highest BCUT2D eigenvalue weighted by molar-refractivity contribution is 9.10. The fraction of sp³-hybridized carbons (Fsp3) is 0.333. The second kappa shape index (κ2) is 17.6. The number of ketones is 2. The predicted molar refractivity (Wildman–Crippen MR) is 198 cm³/mol. The minimum absolute atomic E-state index is 0.120. The van der Waals surface area contributed by atoms with Crippen LogP contribution in [0, 0.1) is 27.7 Å². The van der Waals surface area contributed by atoms with E-state index in [4.69, 9.17) is 44.8 Å². The zero-order chi connectivity index (χ0) is 37.4. The average molecular weight is 792 g/mol. The van der Waals surface area contributed by atoms with E-state index >= 15 is 0 Å². The van der Waals surface area contributed by atoms with Gasteiger partial charge in [0, 0.05) is 12.4 Å². The van der Waals surface area contributed by atoms with Crippen molar-refractivity contribution in [3.63, 3.8) is 0 Å². The van der Waals surface area contributed by atoms with Crippen molar-refractivity contribution in [3.8, 4) is 40.4 Å². The highest BCUT2D eigenvalue weighted by atomic mass is 79.9. The van der Waals surface area contributed by atoms with Crippen LogP contribution in [0.2, 0.25) is 5.02 Å². The van der Waals surface area contributed by atoms with Gasteiger partial charge in [-0.1, -0.05) is 11.6 Å². The summed E-state index contributed by atoms with van der Waals surface area (Å²) in [6.07, 6.45) is 5.17. The number of aromatic nitrogens is 2. The number of rotatable bonds is 12. The lowest BCUT2D eigenvalue weighted by Gasteiger charge is -2.19. The molecule has 0 saturated heterocycles. The number of aryl methyl sites for hydroxylation is 3. The maximum atomic E-state index is 13.4. The first-order valence-corrected chi connectivity index (χ1v) is 17.3. The molecule has 4 aromatic rings. The number of hydrogen-bond acceptors (Lipinski definition) is 12. The highest BCUT2D eigenvalue weighted by Gasteiger charge is 2.30. The number of pyridine rings is 2. The highest BCUT2D eigenvalue weighted by Crippen LogP contribution is 2.45. The molecule has 11 nitrogen and oxygen atoms in total. The summed E-state index contributed by atoms with van der Waals surface area (Å²) in [6.45, 7) is 7.51. The number of ether oxygens (including phenoxy) is 7. The van der Waals surface area contributed by atoms with E-state index in [1.165, 1.54) is 60.6 Å². The number of carbonyl (C=O) groups is 2. The Bertz CT molecular complexity index is 1780. The summed E-state index contributed by atoms with van der Waals surface area (Å²) in [5, 5.41) is 0.900. The average Bonchev–Trinajstić information content (AvgIpc) is 3.12. The smallest absolute Gasteiger partial charge is 0.226 e. The van der Waals surface area contributed by atoms with Gasteiger partial charge in [-0.15, -0.1) is 11.8 Å². The molecule has 2 aromatic heterocycles. The third-order valence-corrected chi connectivity index (χ3v) is 9.76. The van der Waals surface area contributed by atoms with E-state index in [0.29, 0.717) is 60.5 Å². The molecule has 2 heterocycles. The van der Waals surface area contributed by atoms with Gasteiger partial charge in [0.15, 0.2) is 28.8 Å². The molecule has 0 amide bonds. The predicted octanol–water partition coefficient (Wildman–Crippen LogP) is 8.06. The van der Waals surface area contributed by atoms with Crippen molar-refractivity contribution in [3.05, 3.63) is 78.5 Å². The molecule has 2 aromatic carbocycles. The Kier molecular flexibility index (Phi) is 14.2. The van der Waals surface area contributed by atoms with E-state index in [2.05, 4.69) is 25.9 Å². The van der Waals surface area contributed by atoms with Gasteiger partial charge in [-0.2, -0.15) is 0 Å². The van der Waals surface area contributed by atoms with Gasteiger partial charge in [-0.25, -0.2) is 9.97 Å². The van der Waals surface area contributed by atoms with Crippen molar-refractivity contribution in [1.82, 2.24) is 9.97 Å². The molecule has 0 aliphatic heterocycles. The Hall–Kier alpha value is -4.20. The van der Waals surface area contributed by atoms with Gasteiger partial charge in [-0.05, 0) is 84.3 Å². The third-order valence-electron chi connectivity index (χ3n) is 7.84. The lowest BCUT2D eigenvalue weighted by molar-refractivity contribution is 0.102. The van der Waals surface area contributed by atoms with Crippen LogP contribution < -0.4 is 33.2 Å². The third kappa shape index (κ3) is 7.74. The monoisotopic (exact) mass is 790 g/mol. The molecule has 50 heavy (non-hydrogen) atoms. The van der Waals surface area contributed by atoms with E-state index in [1.54, 1.807) is 32.4 Å². The maximum Gasteiger partial charge on any atom is 0.226 e. The topological polar surface area (TPSA) is 125 Å². The normalized spacial score (nSPS) is 10.4. The Morgan fingerprint density at radius 1 is 0.620 bits per heavy atom. The summed E-state index contributed by atoms with van der Waals surface area (Å²) in [4.78, 5) is 35.2. The van der Waals surface area contributed by atoms with Gasteiger partial charge in [0.05, 0.1) is 76.0 Å². The van der Waals surface area contributed by atoms with Crippen LogP contribution in [0.15, 0.2) is 34.0 Å². The molecule has 0 bridgehead atoms. The summed E-state index contributed by atoms with van der Waals surface area (Å²) in [5.74, 6) is 1.92. The van der Waals surface area contributed by atoms with Crippen molar-refractivity contribution in [2.75, 3.05) is 56.0 Å². The van der Waals surface area contributed by atoms with Crippen molar-refractivity contribution < 1.29 is 42.7 Å². The number of thioether (sulfide) groups is 1. The molecule has 0 aliphatic carbocycles. The second-order valence-corrected chi connectivity index (χ2v) is 12.6. The standard InChI is InChI=1S/C19H23NO4S.C17H17BrClNO5/c1-10-8-13(22-4)17(23-5)18(24-6)14(10)16(21)15-12(3)11(2)9-20-19(15)25-7;1-8-6-10(22-2)15(23-3)16(24-4)11(8)14(21)12-13(19)9(18)7-20-17(12)25-5/h8-9H,1-7H3;6-7H,1-5H3. The first-order chi connectivity index (χ1) is 23.8. The van der Waals surface area contributed by atoms with Crippen LogP contribution >= 0.6 is 39.3 Å². The summed E-state index contributed by atoms with van der Waals surface area (Å²) < 4.78 is 38.1. The minimum Gasteiger partial charge on any atom is -0.493 e. The Balaban J connectivity index is 0.000000270. The lowest BCUT2D eigenvalue weighted by atomic mass is 9.94. The number of halogens is 2. The molecule has 0 N–H and O–H groups in total. The summed E-state index contributed by atoms with van der Waals surface area (Å²) in [7, 11) is 10.4. The zero-order valence-corrected chi connectivity index (χ0v) is 33.2. The van der Waals surface area contributed by atoms with E-state index < -0.39 is 5.78 Å². The second-order valence-electron chi connectivity index (χ2n) is 10.6. The molecule has 0 aliphatic rings. The molecular formula is C36H40BrClN2O9S. The molecule has 0 spiro atoms. The minimum atomic E-state index is -0.397. The number of carbonyl (C=O) groups excluding carboxylic acids is 2.